The topological polar surface area (TPSA) is 77.6 Å². The van der Waals surface area contributed by atoms with Crippen molar-refractivity contribution >= 4 is 17.6 Å². The lowest BCUT2D eigenvalue weighted by molar-refractivity contribution is 0.948. The Morgan fingerprint density at radius 1 is 1.12 bits per heavy atom. The average molecular weight is 247 g/mol. The molecule has 5 nitrogen and oxygen atoms in total. The zero-order chi connectivity index (χ0) is 12.3. The number of thioether (sulfide) groups is 1. The van der Waals surface area contributed by atoms with E-state index in [4.69, 9.17) is 5.73 Å². The predicted molar refractivity (Wildman–Crippen MR) is 67.5 cm³/mol. The number of nitrogens with zero attached hydrogens (tertiary/aromatic N) is 4. The maximum Gasteiger partial charge on any atom is 0.187 e. The number of rotatable bonds is 3. The zero-order valence-electron chi connectivity index (χ0n) is 9.71. The molecule has 0 aliphatic carbocycles. The second-order valence-corrected chi connectivity index (χ2v) is 4.60. The van der Waals surface area contributed by atoms with Gasteiger partial charge in [0.25, 0.3) is 0 Å². The first-order valence-corrected chi connectivity index (χ1v) is 6.13. The first-order chi connectivity index (χ1) is 8.15. The number of aromatic nitrogens is 4. The summed E-state index contributed by atoms with van der Waals surface area (Å²) < 4.78 is 0. The van der Waals surface area contributed by atoms with Crippen molar-refractivity contribution in [3.8, 4) is 0 Å². The molecule has 0 saturated carbocycles. The highest BCUT2D eigenvalue weighted by molar-refractivity contribution is 7.98. The number of anilines is 1. The minimum Gasteiger partial charge on any atom is -0.383 e. The maximum absolute atomic E-state index is 5.80. The average Bonchev–Trinajstić information content (AvgIpc) is 2.30. The molecule has 0 spiro atoms. The Balaban J connectivity index is 2.04. The fourth-order valence-corrected chi connectivity index (χ4v) is 1.98. The molecule has 6 heteroatoms. The normalized spacial score (nSPS) is 10.5. The standard InChI is InChI=1S/C11H13N5S/c1-7-3-14-11(15-4-7)17-6-9-5-13-8(2)16-10(9)12/h3-5H,6H2,1-2H3,(H2,12,13,16). The molecular formula is C11H13N5S. The van der Waals surface area contributed by atoms with E-state index in [1.807, 2.05) is 13.8 Å². The number of nitrogen functional groups attached to an aromatic ring is 1. The highest BCUT2D eigenvalue weighted by Gasteiger charge is 2.04. The maximum atomic E-state index is 5.80. The molecule has 0 amide bonds. The Kier molecular flexibility index (Phi) is 3.53. The van der Waals surface area contributed by atoms with Crippen LogP contribution in [0.25, 0.3) is 0 Å². The van der Waals surface area contributed by atoms with Crippen LogP contribution in [-0.4, -0.2) is 19.9 Å². The van der Waals surface area contributed by atoms with E-state index in [0.717, 1.165) is 16.3 Å². The van der Waals surface area contributed by atoms with E-state index in [9.17, 15) is 0 Å². The molecule has 0 radical (unpaired) electrons. The first kappa shape index (κ1) is 11.8. The Morgan fingerprint density at radius 2 is 1.82 bits per heavy atom. The molecule has 0 unspecified atom stereocenters. The highest BCUT2D eigenvalue weighted by Crippen LogP contribution is 2.20. The predicted octanol–water partition coefficient (Wildman–Crippen LogP) is 1.76. The van der Waals surface area contributed by atoms with Crippen molar-refractivity contribution in [2.24, 2.45) is 0 Å². The summed E-state index contributed by atoms with van der Waals surface area (Å²) in [6.45, 7) is 3.77. The summed E-state index contributed by atoms with van der Waals surface area (Å²) >= 11 is 1.52. The van der Waals surface area contributed by atoms with Gasteiger partial charge >= 0.3 is 0 Å². The SMILES string of the molecule is Cc1cnc(SCc2cnc(C)nc2N)nc1. The summed E-state index contributed by atoms with van der Waals surface area (Å²) in [6, 6.07) is 0. The number of nitrogens with two attached hydrogens (primary N) is 1. The fraction of sp³-hybridized carbons (Fsp3) is 0.273. The van der Waals surface area contributed by atoms with Crippen LogP contribution in [0.4, 0.5) is 5.82 Å². The van der Waals surface area contributed by atoms with Gasteiger partial charge in [-0.15, -0.1) is 0 Å². The molecule has 0 fully saturated rings. The molecule has 17 heavy (non-hydrogen) atoms. The Bertz CT molecular complexity index is 512. The van der Waals surface area contributed by atoms with Crippen LogP contribution in [0.5, 0.6) is 0 Å². The summed E-state index contributed by atoms with van der Waals surface area (Å²) in [4.78, 5) is 16.7. The number of hydrogen-bond donors (Lipinski definition) is 1. The molecule has 2 aromatic rings. The zero-order valence-corrected chi connectivity index (χ0v) is 10.5. The van der Waals surface area contributed by atoms with Gasteiger partial charge < -0.3 is 5.73 Å². The monoisotopic (exact) mass is 247 g/mol. The van der Waals surface area contributed by atoms with Gasteiger partial charge in [-0.2, -0.15) is 0 Å². The number of aryl methyl sites for hydroxylation is 2. The third kappa shape index (κ3) is 3.13. The van der Waals surface area contributed by atoms with E-state index < -0.39 is 0 Å². The lowest BCUT2D eigenvalue weighted by atomic mass is 10.3. The van der Waals surface area contributed by atoms with Gasteiger partial charge in [0.1, 0.15) is 11.6 Å². The molecule has 0 aliphatic rings. The molecule has 0 atom stereocenters. The minimum atomic E-state index is 0.525. The van der Waals surface area contributed by atoms with Crippen molar-refractivity contribution in [3.05, 3.63) is 35.5 Å². The Hall–Kier alpha value is -1.69. The van der Waals surface area contributed by atoms with Gasteiger partial charge in [-0.05, 0) is 19.4 Å². The highest BCUT2D eigenvalue weighted by atomic mass is 32.2. The van der Waals surface area contributed by atoms with Crippen LogP contribution >= 0.6 is 11.8 Å². The molecule has 88 valence electrons. The van der Waals surface area contributed by atoms with Gasteiger partial charge in [0, 0.05) is 29.9 Å². The first-order valence-electron chi connectivity index (χ1n) is 5.14. The summed E-state index contributed by atoms with van der Waals surface area (Å²) in [7, 11) is 0. The molecule has 0 bridgehead atoms. The van der Waals surface area contributed by atoms with Gasteiger partial charge in [0.2, 0.25) is 0 Å². The minimum absolute atomic E-state index is 0.525. The second kappa shape index (κ2) is 5.09. The molecule has 2 aromatic heterocycles. The van der Waals surface area contributed by atoms with Crippen molar-refractivity contribution < 1.29 is 0 Å². The Labute approximate surface area is 104 Å². The van der Waals surface area contributed by atoms with Crippen molar-refractivity contribution in [1.82, 2.24) is 19.9 Å². The molecule has 2 rings (SSSR count). The smallest absolute Gasteiger partial charge is 0.187 e. The van der Waals surface area contributed by atoms with Crippen LogP contribution < -0.4 is 5.73 Å². The molecule has 2 heterocycles. The van der Waals surface area contributed by atoms with E-state index in [2.05, 4.69) is 19.9 Å². The van der Waals surface area contributed by atoms with Gasteiger partial charge in [-0.1, -0.05) is 11.8 Å². The molecule has 0 saturated heterocycles. The van der Waals surface area contributed by atoms with Crippen LogP contribution in [0.15, 0.2) is 23.7 Å². The van der Waals surface area contributed by atoms with E-state index in [1.165, 1.54) is 11.8 Å². The Morgan fingerprint density at radius 3 is 2.47 bits per heavy atom. The van der Waals surface area contributed by atoms with Crippen molar-refractivity contribution in [3.63, 3.8) is 0 Å². The van der Waals surface area contributed by atoms with E-state index >= 15 is 0 Å². The van der Waals surface area contributed by atoms with Crippen LogP contribution in [0, 0.1) is 13.8 Å². The molecular weight excluding hydrogens is 234 g/mol. The molecule has 2 N–H and O–H groups in total. The van der Waals surface area contributed by atoms with Crippen LogP contribution in [0.1, 0.15) is 17.0 Å². The lowest BCUT2D eigenvalue weighted by Crippen LogP contribution is -2.00. The lowest BCUT2D eigenvalue weighted by Gasteiger charge is -2.04. The molecule has 0 aliphatic heterocycles. The third-order valence-corrected chi connectivity index (χ3v) is 3.06. The quantitative estimate of drug-likeness (QED) is 0.657. The molecule has 0 aromatic carbocycles. The van der Waals surface area contributed by atoms with Gasteiger partial charge in [-0.25, -0.2) is 19.9 Å². The van der Waals surface area contributed by atoms with Gasteiger partial charge in [-0.3, -0.25) is 0 Å². The van der Waals surface area contributed by atoms with E-state index in [0.29, 0.717) is 17.4 Å². The van der Waals surface area contributed by atoms with Crippen LogP contribution in [-0.2, 0) is 5.75 Å². The van der Waals surface area contributed by atoms with E-state index in [1.54, 1.807) is 18.6 Å². The second-order valence-electron chi connectivity index (χ2n) is 3.66. The summed E-state index contributed by atoms with van der Waals surface area (Å²) in [6.07, 6.45) is 5.34. The van der Waals surface area contributed by atoms with Crippen LogP contribution in [0.2, 0.25) is 0 Å². The van der Waals surface area contributed by atoms with Crippen molar-refractivity contribution in [2.75, 3.05) is 5.73 Å². The van der Waals surface area contributed by atoms with Gasteiger partial charge in [0.05, 0.1) is 0 Å². The summed E-state index contributed by atoms with van der Waals surface area (Å²) in [5.74, 6) is 1.88. The summed E-state index contributed by atoms with van der Waals surface area (Å²) in [5, 5.41) is 0.732. The fourth-order valence-electron chi connectivity index (χ4n) is 1.22. The summed E-state index contributed by atoms with van der Waals surface area (Å²) in [5.41, 5.74) is 7.76. The van der Waals surface area contributed by atoms with Crippen molar-refractivity contribution in [1.29, 1.82) is 0 Å². The van der Waals surface area contributed by atoms with Crippen molar-refractivity contribution in [2.45, 2.75) is 24.8 Å². The number of hydrogen-bond acceptors (Lipinski definition) is 6. The van der Waals surface area contributed by atoms with Crippen LogP contribution in [0.3, 0.4) is 0 Å². The third-order valence-electron chi connectivity index (χ3n) is 2.13. The van der Waals surface area contributed by atoms with E-state index in [-0.39, 0.29) is 0 Å². The van der Waals surface area contributed by atoms with Gasteiger partial charge in [0.15, 0.2) is 5.16 Å². The largest absolute Gasteiger partial charge is 0.383 e.